The number of benzene rings is 1. The highest BCUT2D eigenvalue weighted by molar-refractivity contribution is 7.89. The van der Waals surface area contributed by atoms with Crippen molar-refractivity contribution in [1.82, 2.24) is 14.4 Å². The summed E-state index contributed by atoms with van der Waals surface area (Å²) >= 11 is 0. The number of likely N-dealkylation sites (tertiary alicyclic amines) is 1. The molecule has 0 aliphatic carbocycles. The lowest BCUT2D eigenvalue weighted by Gasteiger charge is -2.36. The van der Waals surface area contributed by atoms with Crippen LogP contribution in [0.5, 0.6) is 0 Å². The van der Waals surface area contributed by atoms with Crippen molar-refractivity contribution in [2.75, 3.05) is 32.8 Å². The van der Waals surface area contributed by atoms with Gasteiger partial charge >= 0.3 is 5.97 Å². The average molecular weight is 534 g/mol. The molecule has 1 aromatic heterocycles. The van der Waals surface area contributed by atoms with Crippen molar-refractivity contribution >= 4 is 34.1 Å². The van der Waals surface area contributed by atoms with Crippen LogP contribution >= 0.6 is 0 Å². The molecular weight excluding hydrogens is 501 g/mol. The SMILES string of the molecule is CCOC(=O)[C@@H]1CCCN(C(=O)C2CCN(S(=O)(=O)c3c(C)noc3/C=C/c3ccccc3F)CC2)C1. The Hall–Kier alpha value is -3.05. The molecule has 0 unspecified atom stereocenters. The minimum absolute atomic E-state index is 0.0253. The van der Waals surface area contributed by atoms with Crippen molar-refractivity contribution in [3.05, 3.63) is 47.1 Å². The highest BCUT2D eigenvalue weighted by atomic mass is 32.2. The van der Waals surface area contributed by atoms with E-state index in [1.807, 2.05) is 0 Å². The Labute approximate surface area is 216 Å². The number of carbonyl (C=O) groups excluding carboxylic acids is 2. The van der Waals surface area contributed by atoms with Gasteiger partial charge in [0.2, 0.25) is 15.9 Å². The van der Waals surface area contributed by atoms with Crippen molar-refractivity contribution < 1.29 is 31.7 Å². The Morgan fingerprint density at radius 3 is 2.57 bits per heavy atom. The van der Waals surface area contributed by atoms with Crippen molar-refractivity contribution in [2.24, 2.45) is 11.8 Å². The molecule has 2 saturated heterocycles. The monoisotopic (exact) mass is 533 g/mol. The minimum atomic E-state index is -3.95. The molecular formula is C26H32FN3O6S. The maximum absolute atomic E-state index is 14.0. The van der Waals surface area contributed by atoms with Gasteiger partial charge in [-0.2, -0.15) is 4.31 Å². The maximum Gasteiger partial charge on any atom is 0.310 e. The smallest absolute Gasteiger partial charge is 0.310 e. The maximum atomic E-state index is 14.0. The summed E-state index contributed by atoms with van der Waals surface area (Å²) in [4.78, 5) is 27.0. The number of amides is 1. The van der Waals surface area contributed by atoms with Gasteiger partial charge in [0.15, 0.2) is 10.7 Å². The third-order valence-corrected chi connectivity index (χ3v) is 8.96. The molecule has 1 amide bonds. The van der Waals surface area contributed by atoms with Crippen LogP contribution in [0.2, 0.25) is 0 Å². The molecule has 200 valence electrons. The van der Waals surface area contributed by atoms with Crippen LogP contribution in [0.4, 0.5) is 4.39 Å². The average Bonchev–Trinajstić information content (AvgIpc) is 3.29. The summed E-state index contributed by atoms with van der Waals surface area (Å²) in [6.07, 6.45) is 5.04. The number of esters is 1. The van der Waals surface area contributed by atoms with Gasteiger partial charge in [0.25, 0.3) is 0 Å². The summed E-state index contributed by atoms with van der Waals surface area (Å²) in [6.45, 7) is 4.89. The standard InChI is InChI=1S/C26H32FN3O6S/c1-3-35-26(32)21-8-6-14-29(17-21)25(31)20-12-15-30(16-13-20)37(33,34)24-18(2)28-36-23(24)11-10-19-7-4-5-9-22(19)27/h4-5,7,9-11,20-21H,3,6,8,12-17H2,1-2H3/b11-10+/t21-/m1/s1. The lowest BCUT2D eigenvalue weighted by molar-refractivity contribution is -0.152. The van der Waals surface area contributed by atoms with E-state index >= 15 is 0 Å². The fourth-order valence-electron chi connectivity index (χ4n) is 4.93. The summed E-state index contributed by atoms with van der Waals surface area (Å²) < 4.78 is 52.7. The lowest BCUT2D eigenvalue weighted by Crippen LogP contribution is -2.48. The van der Waals surface area contributed by atoms with Gasteiger partial charge in [-0.1, -0.05) is 23.4 Å². The van der Waals surface area contributed by atoms with E-state index in [2.05, 4.69) is 5.16 Å². The molecule has 3 heterocycles. The van der Waals surface area contributed by atoms with E-state index in [0.29, 0.717) is 44.5 Å². The van der Waals surface area contributed by atoms with Gasteiger partial charge in [0.1, 0.15) is 11.5 Å². The number of rotatable bonds is 7. The van der Waals surface area contributed by atoms with Gasteiger partial charge in [0.05, 0.1) is 12.5 Å². The molecule has 37 heavy (non-hydrogen) atoms. The van der Waals surface area contributed by atoms with Crippen LogP contribution in [0, 0.1) is 24.6 Å². The zero-order valence-electron chi connectivity index (χ0n) is 21.1. The molecule has 0 bridgehead atoms. The van der Waals surface area contributed by atoms with E-state index in [1.165, 1.54) is 22.5 Å². The molecule has 0 spiro atoms. The molecule has 9 nitrogen and oxygen atoms in total. The number of sulfonamides is 1. The Morgan fingerprint density at radius 1 is 1.14 bits per heavy atom. The molecule has 11 heteroatoms. The molecule has 2 aliphatic heterocycles. The summed E-state index contributed by atoms with van der Waals surface area (Å²) in [7, 11) is -3.95. The first-order valence-electron chi connectivity index (χ1n) is 12.6. The van der Waals surface area contributed by atoms with Crippen molar-refractivity contribution in [3.63, 3.8) is 0 Å². The third kappa shape index (κ3) is 5.93. The largest absolute Gasteiger partial charge is 0.466 e. The fourth-order valence-corrected chi connectivity index (χ4v) is 6.65. The van der Waals surface area contributed by atoms with Crippen molar-refractivity contribution in [1.29, 1.82) is 0 Å². The van der Waals surface area contributed by atoms with E-state index in [-0.39, 0.29) is 53.2 Å². The van der Waals surface area contributed by atoms with E-state index in [4.69, 9.17) is 9.26 Å². The highest BCUT2D eigenvalue weighted by Gasteiger charge is 2.38. The van der Waals surface area contributed by atoms with Crippen LogP contribution in [0.1, 0.15) is 49.6 Å². The lowest BCUT2D eigenvalue weighted by atomic mass is 9.93. The number of hydrogen-bond acceptors (Lipinski definition) is 7. The minimum Gasteiger partial charge on any atom is -0.466 e. The first-order chi connectivity index (χ1) is 17.7. The van der Waals surface area contributed by atoms with E-state index < -0.39 is 15.8 Å². The van der Waals surface area contributed by atoms with Gasteiger partial charge < -0.3 is 14.2 Å². The summed E-state index contributed by atoms with van der Waals surface area (Å²) in [5.74, 6) is -1.35. The van der Waals surface area contributed by atoms with Crippen LogP contribution in [0.15, 0.2) is 33.7 Å². The van der Waals surface area contributed by atoms with Gasteiger partial charge in [-0.25, -0.2) is 12.8 Å². The predicted octanol–water partition coefficient (Wildman–Crippen LogP) is 3.49. The second kappa shape index (κ2) is 11.6. The molecule has 0 saturated carbocycles. The Balaban J connectivity index is 1.42. The van der Waals surface area contributed by atoms with Crippen LogP contribution in [-0.2, 0) is 24.3 Å². The number of ether oxygens (including phenoxy) is 1. The molecule has 0 N–H and O–H groups in total. The predicted molar refractivity (Wildman–Crippen MR) is 134 cm³/mol. The van der Waals surface area contributed by atoms with Crippen molar-refractivity contribution in [2.45, 2.75) is 44.4 Å². The molecule has 0 radical (unpaired) electrons. The van der Waals surface area contributed by atoms with Crippen LogP contribution in [-0.4, -0.2) is 67.4 Å². The van der Waals surface area contributed by atoms with Crippen LogP contribution < -0.4 is 0 Å². The molecule has 1 atom stereocenters. The molecule has 1 aromatic carbocycles. The zero-order chi connectivity index (χ0) is 26.6. The number of halogens is 1. The number of nitrogens with zero attached hydrogens (tertiary/aromatic N) is 3. The van der Waals surface area contributed by atoms with E-state index in [9.17, 15) is 22.4 Å². The van der Waals surface area contributed by atoms with Gasteiger partial charge in [-0.3, -0.25) is 9.59 Å². The number of aromatic nitrogens is 1. The Bertz CT molecular complexity index is 1270. The highest BCUT2D eigenvalue weighted by Crippen LogP contribution is 2.31. The van der Waals surface area contributed by atoms with Crippen LogP contribution in [0.3, 0.4) is 0 Å². The van der Waals surface area contributed by atoms with Crippen LogP contribution in [0.25, 0.3) is 12.2 Å². The quantitative estimate of drug-likeness (QED) is 0.501. The van der Waals surface area contributed by atoms with Gasteiger partial charge in [-0.15, -0.1) is 0 Å². The number of aryl methyl sites for hydroxylation is 1. The van der Waals surface area contributed by atoms with Crippen molar-refractivity contribution in [3.8, 4) is 0 Å². The van der Waals surface area contributed by atoms with E-state index in [0.717, 1.165) is 6.42 Å². The third-order valence-electron chi connectivity index (χ3n) is 6.91. The Kier molecular flexibility index (Phi) is 8.43. The second-order valence-electron chi connectivity index (χ2n) is 9.37. The first kappa shape index (κ1) is 27.0. The number of piperidine rings is 2. The molecule has 2 aliphatic rings. The molecule has 2 fully saturated rings. The zero-order valence-corrected chi connectivity index (χ0v) is 21.9. The summed E-state index contributed by atoms with van der Waals surface area (Å²) in [5, 5.41) is 3.83. The Morgan fingerprint density at radius 2 is 1.86 bits per heavy atom. The normalized spacial score (nSPS) is 19.9. The van der Waals surface area contributed by atoms with Gasteiger partial charge in [0, 0.05) is 37.7 Å². The number of carbonyl (C=O) groups is 2. The van der Waals surface area contributed by atoms with E-state index in [1.54, 1.807) is 36.9 Å². The molecule has 2 aromatic rings. The summed E-state index contributed by atoms with van der Waals surface area (Å²) in [6, 6.07) is 6.13. The van der Waals surface area contributed by atoms with Gasteiger partial charge in [-0.05, 0) is 57.7 Å². The second-order valence-corrected chi connectivity index (χ2v) is 11.2. The molecule has 4 rings (SSSR count). The topological polar surface area (TPSA) is 110 Å². The fraction of sp³-hybridized carbons (Fsp3) is 0.500. The number of hydrogen-bond donors (Lipinski definition) is 0. The summed E-state index contributed by atoms with van der Waals surface area (Å²) in [5.41, 5.74) is 0.506. The first-order valence-corrected chi connectivity index (χ1v) is 14.0.